The second-order valence-corrected chi connectivity index (χ2v) is 16.2. The Bertz CT molecular complexity index is 1260. The summed E-state index contributed by atoms with van der Waals surface area (Å²) in [6, 6.07) is -1.49. The topological polar surface area (TPSA) is 155 Å². The maximum atomic E-state index is 12.6. The first-order valence-corrected chi connectivity index (χ1v) is 24.1. The number of rotatable bonds is 42. The molecular weight excluding hydrogens is 765 g/mol. The molecule has 0 bridgehead atoms. The molecule has 0 saturated heterocycles. The molecule has 0 aromatic heterocycles. The standard InChI is InChI=1S/C48H82NO9P/c1-3-5-7-9-11-13-15-17-19-20-21-22-23-24-25-26-27-28-30-32-34-36-38-40-47(50)58-45(43-56-59(53,54)57-44-46(49)48(51)52)42-55-41-39-37-35-33-31-29-18-16-14-12-10-8-6-4-2/h6,8,12,14-15,17-18,20-21,23-24,29,33,35,45-46H,3-5,7,9-11,13,16,19,22,25-28,30-32,34,36-44,49H2,1-2H3,(H,51,52)(H,53,54)/b8-6-,14-12-,17-15-,21-20-,24-23-,29-18-,35-33-. The Morgan fingerprint density at radius 2 is 0.983 bits per heavy atom. The lowest BCUT2D eigenvalue weighted by Gasteiger charge is -2.20. The summed E-state index contributed by atoms with van der Waals surface area (Å²) in [7, 11) is -4.64. The molecule has 0 radical (unpaired) electrons. The molecule has 0 aromatic carbocycles. The van der Waals surface area contributed by atoms with Crippen molar-refractivity contribution < 1.29 is 42.7 Å². The maximum absolute atomic E-state index is 12.6. The van der Waals surface area contributed by atoms with Gasteiger partial charge in [0.2, 0.25) is 0 Å². The molecule has 0 heterocycles. The zero-order chi connectivity index (χ0) is 43.3. The SMILES string of the molecule is CC/C=C\C/C=C\C/C=C\C/C=C\CCCOCC(COP(=O)(O)OCC(N)C(=O)O)OC(=O)CCCCCCCCCC/C=C\C/C=C\C/C=C\CCCCCCC. The summed E-state index contributed by atoms with van der Waals surface area (Å²) in [5.74, 6) is -1.82. The average Bonchev–Trinajstić information content (AvgIpc) is 3.21. The summed E-state index contributed by atoms with van der Waals surface area (Å²) in [5, 5.41) is 8.90. The molecular formula is C48H82NO9P. The molecule has 10 nitrogen and oxygen atoms in total. The van der Waals surface area contributed by atoms with E-state index in [1.54, 1.807) is 0 Å². The predicted octanol–water partition coefficient (Wildman–Crippen LogP) is 12.8. The van der Waals surface area contributed by atoms with Gasteiger partial charge in [0.15, 0.2) is 0 Å². The number of unbranched alkanes of at least 4 members (excludes halogenated alkanes) is 14. The molecule has 0 spiro atoms. The van der Waals surface area contributed by atoms with Crippen molar-refractivity contribution in [3.63, 3.8) is 0 Å². The van der Waals surface area contributed by atoms with E-state index in [-0.39, 0.29) is 13.0 Å². The first kappa shape index (κ1) is 56.1. The molecule has 338 valence electrons. The summed E-state index contributed by atoms with van der Waals surface area (Å²) >= 11 is 0. The van der Waals surface area contributed by atoms with E-state index in [1.165, 1.54) is 64.2 Å². The van der Waals surface area contributed by atoms with Gasteiger partial charge in [-0.2, -0.15) is 0 Å². The summed E-state index contributed by atoms with van der Waals surface area (Å²) in [6.45, 7) is 3.58. The number of carboxylic acids is 1. The number of esters is 1. The summed E-state index contributed by atoms with van der Waals surface area (Å²) < 4.78 is 33.3. The number of allylic oxidation sites excluding steroid dienone is 14. The number of hydrogen-bond donors (Lipinski definition) is 3. The molecule has 3 unspecified atom stereocenters. The van der Waals surface area contributed by atoms with Crippen LogP contribution in [0, 0.1) is 0 Å². The highest BCUT2D eigenvalue weighted by atomic mass is 31.2. The molecule has 0 fully saturated rings. The van der Waals surface area contributed by atoms with Gasteiger partial charge in [0.05, 0.1) is 19.8 Å². The lowest BCUT2D eigenvalue weighted by molar-refractivity contribution is -0.154. The predicted molar refractivity (Wildman–Crippen MR) is 244 cm³/mol. The Morgan fingerprint density at radius 1 is 0.559 bits per heavy atom. The fourth-order valence-corrected chi connectivity index (χ4v) is 6.45. The van der Waals surface area contributed by atoms with Crippen LogP contribution in [-0.4, -0.2) is 60.5 Å². The second-order valence-electron chi connectivity index (χ2n) is 14.8. The van der Waals surface area contributed by atoms with Gasteiger partial charge in [0, 0.05) is 13.0 Å². The Balaban J connectivity index is 4.28. The van der Waals surface area contributed by atoms with E-state index in [2.05, 4.69) is 98.9 Å². The van der Waals surface area contributed by atoms with Gasteiger partial charge in [-0.25, -0.2) is 4.57 Å². The Morgan fingerprint density at radius 3 is 1.47 bits per heavy atom. The van der Waals surface area contributed by atoms with Crippen LogP contribution in [-0.2, 0) is 32.7 Å². The normalized spacial score (nSPS) is 14.6. The number of carbonyl (C=O) groups excluding carboxylic acids is 1. The molecule has 0 aromatic rings. The van der Waals surface area contributed by atoms with Crippen molar-refractivity contribution in [1.82, 2.24) is 0 Å². The van der Waals surface area contributed by atoms with Gasteiger partial charge in [-0.3, -0.25) is 18.6 Å². The van der Waals surface area contributed by atoms with E-state index >= 15 is 0 Å². The molecule has 0 aliphatic carbocycles. The smallest absolute Gasteiger partial charge is 0.472 e. The van der Waals surface area contributed by atoms with Crippen LogP contribution in [0.15, 0.2) is 85.1 Å². The van der Waals surface area contributed by atoms with Crippen molar-refractivity contribution in [3.05, 3.63) is 85.1 Å². The third-order valence-electron chi connectivity index (χ3n) is 9.16. The van der Waals surface area contributed by atoms with Crippen LogP contribution in [0.25, 0.3) is 0 Å². The van der Waals surface area contributed by atoms with Gasteiger partial charge in [0.25, 0.3) is 0 Å². The lowest BCUT2D eigenvalue weighted by Crippen LogP contribution is -2.34. The minimum Gasteiger partial charge on any atom is -0.480 e. The van der Waals surface area contributed by atoms with Crippen LogP contribution in [0.5, 0.6) is 0 Å². The van der Waals surface area contributed by atoms with Crippen molar-refractivity contribution in [3.8, 4) is 0 Å². The molecule has 4 N–H and O–H groups in total. The zero-order valence-electron chi connectivity index (χ0n) is 36.8. The molecule has 0 saturated carbocycles. The van der Waals surface area contributed by atoms with Crippen LogP contribution in [0.3, 0.4) is 0 Å². The fourth-order valence-electron chi connectivity index (χ4n) is 5.67. The fraction of sp³-hybridized carbons (Fsp3) is 0.667. The minimum absolute atomic E-state index is 0.0291. The number of nitrogens with two attached hydrogens (primary N) is 1. The van der Waals surface area contributed by atoms with Gasteiger partial charge < -0.3 is 25.2 Å². The molecule has 0 amide bonds. The Hall–Kier alpha value is -2.85. The zero-order valence-corrected chi connectivity index (χ0v) is 37.7. The van der Waals surface area contributed by atoms with Crippen molar-refractivity contribution in [1.29, 1.82) is 0 Å². The number of ether oxygens (including phenoxy) is 2. The van der Waals surface area contributed by atoms with E-state index in [0.29, 0.717) is 13.0 Å². The number of aliphatic carboxylic acids is 1. The summed E-state index contributed by atoms with van der Waals surface area (Å²) in [5.41, 5.74) is 5.35. The van der Waals surface area contributed by atoms with E-state index in [1.807, 2.05) is 0 Å². The Kier molecular flexibility index (Phi) is 41.2. The molecule has 0 rings (SSSR count). The van der Waals surface area contributed by atoms with Crippen LogP contribution in [0.4, 0.5) is 0 Å². The quantitative estimate of drug-likeness (QED) is 0.0234. The average molecular weight is 848 g/mol. The number of phosphoric acid groups is 1. The van der Waals surface area contributed by atoms with Gasteiger partial charge in [-0.15, -0.1) is 0 Å². The minimum atomic E-state index is -4.64. The van der Waals surface area contributed by atoms with Crippen molar-refractivity contribution in [2.75, 3.05) is 26.4 Å². The lowest BCUT2D eigenvalue weighted by atomic mass is 10.1. The number of hydrogen-bond acceptors (Lipinski definition) is 8. The van der Waals surface area contributed by atoms with Crippen molar-refractivity contribution >= 4 is 19.8 Å². The first-order valence-electron chi connectivity index (χ1n) is 22.6. The van der Waals surface area contributed by atoms with Gasteiger partial charge in [-0.05, 0) is 83.5 Å². The highest BCUT2D eigenvalue weighted by Gasteiger charge is 2.27. The van der Waals surface area contributed by atoms with Crippen molar-refractivity contribution in [2.45, 2.75) is 180 Å². The largest absolute Gasteiger partial charge is 0.480 e. The maximum Gasteiger partial charge on any atom is 0.472 e. The third kappa shape index (κ3) is 43.1. The van der Waals surface area contributed by atoms with E-state index in [4.69, 9.17) is 29.4 Å². The number of carboxylic acid groups (broad SMARTS) is 1. The van der Waals surface area contributed by atoms with Crippen LogP contribution in [0.1, 0.15) is 168 Å². The van der Waals surface area contributed by atoms with Crippen LogP contribution >= 0.6 is 7.82 Å². The third-order valence-corrected chi connectivity index (χ3v) is 10.1. The highest BCUT2D eigenvalue weighted by Crippen LogP contribution is 2.43. The molecule has 11 heteroatoms. The monoisotopic (exact) mass is 848 g/mol. The van der Waals surface area contributed by atoms with Crippen LogP contribution < -0.4 is 5.73 Å². The first-order chi connectivity index (χ1) is 28.7. The number of phosphoric ester groups is 1. The van der Waals surface area contributed by atoms with Crippen LogP contribution in [0.2, 0.25) is 0 Å². The molecule has 0 aliphatic rings. The van der Waals surface area contributed by atoms with Crippen molar-refractivity contribution in [2.24, 2.45) is 5.73 Å². The summed E-state index contributed by atoms with van der Waals surface area (Å²) in [6.07, 6.45) is 55.1. The second kappa shape index (κ2) is 43.2. The highest BCUT2D eigenvalue weighted by molar-refractivity contribution is 7.47. The van der Waals surface area contributed by atoms with Gasteiger partial charge >= 0.3 is 19.8 Å². The summed E-state index contributed by atoms with van der Waals surface area (Å²) in [4.78, 5) is 33.6. The molecule has 3 atom stereocenters. The van der Waals surface area contributed by atoms with Gasteiger partial charge in [0.1, 0.15) is 12.1 Å². The molecule has 59 heavy (non-hydrogen) atoms. The molecule has 0 aliphatic heterocycles. The van der Waals surface area contributed by atoms with E-state index < -0.39 is 45.1 Å². The van der Waals surface area contributed by atoms with E-state index in [9.17, 15) is 19.0 Å². The Labute approximate surface area is 358 Å². The van der Waals surface area contributed by atoms with Gasteiger partial charge in [-0.1, -0.05) is 163 Å². The van der Waals surface area contributed by atoms with E-state index in [0.717, 1.165) is 77.0 Å². The number of carbonyl (C=O) groups is 2.